The van der Waals surface area contributed by atoms with Gasteiger partial charge in [-0.25, -0.2) is 0 Å². The number of benzene rings is 1. The molecule has 2 aliphatic rings. The van der Waals surface area contributed by atoms with Crippen molar-refractivity contribution < 1.29 is 19.1 Å². The van der Waals surface area contributed by atoms with E-state index in [9.17, 15) is 14.4 Å². The van der Waals surface area contributed by atoms with Gasteiger partial charge >= 0.3 is 5.97 Å². The molecule has 1 saturated heterocycles. The highest BCUT2D eigenvalue weighted by molar-refractivity contribution is 6.07. The minimum atomic E-state index is -0.656. The van der Waals surface area contributed by atoms with E-state index < -0.39 is 5.97 Å². The summed E-state index contributed by atoms with van der Waals surface area (Å²) in [4.78, 5) is 37.6. The number of allylic oxidation sites excluding steroid dienone is 2. The third-order valence-corrected chi connectivity index (χ3v) is 4.41. The van der Waals surface area contributed by atoms with Crippen LogP contribution in [0.2, 0.25) is 0 Å². The first-order valence-corrected chi connectivity index (χ1v) is 7.75. The van der Waals surface area contributed by atoms with Crippen molar-refractivity contribution >= 4 is 17.8 Å². The van der Waals surface area contributed by atoms with Crippen LogP contribution in [0.3, 0.4) is 0 Å². The van der Waals surface area contributed by atoms with Gasteiger partial charge in [-0.15, -0.1) is 0 Å². The standard InChI is InChI=1S/C18H16N2O4/c19-9-12-5-1-2-6-13(12)11-24-16(21)10-20-17(22)14-7-3-4-8-15(14)18(20)23/h1-6,14-15H,7-8,10-11H2/t14-,15-/m1/s1. The van der Waals surface area contributed by atoms with Gasteiger partial charge in [0.2, 0.25) is 11.8 Å². The van der Waals surface area contributed by atoms with E-state index in [4.69, 9.17) is 10.00 Å². The Labute approximate surface area is 139 Å². The molecule has 2 amide bonds. The number of carbonyl (C=O) groups excluding carboxylic acids is 3. The number of ether oxygens (including phenoxy) is 1. The van der Waals surface area contributed by atoms with E-state index in [2.05, 4.69) is 0 Å². The first kappa shape index (κ1) is 15.9. The largest absolute Gasteiger partial charge is 0.459 e. The van der Waals surface area contributed by atoms with Gasteiger partial charge in [-0.1, -0.05) is 30.4 Å². The van der Waals surface area contributed by atoms with Crippen molar-refractivity contribution in [2.75, 3.05) is 6.54 Å². The quantitative estimate of drug-likeness (QED) is 0.476. The fourth-order valence-corrected chi connectivity index (χ4v) is 3.11. The smallest absolute Gasteiger partial charge is 0.326 e. The van der Waals surface area contributed by atoms with Crippen molar-refractivity contribution in [2.45, 2.75) is 19.4 Å². The maximum Gasteiger partial charge on any atom is 0.326 e. The molecule has 0 bridgehead atoms. The van der Waals surface area contributed by atoms with Crippen LogP contribution in [0, 0.1) is 23.2 Å². The van der Waals surface area contributed by atoms with Crippen molar-refractivity contribution in [1.29, 1.82) is 5.26 Å². The molecular weight excluding hydrogens is 308 g/mol. The number of imide groups is 1. The number of hydrogen-bond donors (Lipinski definition) is 0. The second-order valence-electron chi connectivity index (χ2n) is 5.85. The molecule has 122 valence electrons. The van der Waals surface area contributed by atoms with Crippen LogP contribution >= 0.6 is 0 Å². The van der Waals surface area contributed by atoms with Crippen molar-refractivity contribution in [3.8, 4) is 6.07 Å². The molecule has 3 rings (SSSR count). The summed E-state index contributed by atoms with van der Waals surface area (Å²) in [6.45, 7) is -0.438. The van der Waals surface area contributed by atoms with Crippen molar-refractivity contribution in [2.24, 2.45) is 11.8 Å². The molecule has 1 aromatic carbocycles. The Balaban J connectivity index is 1.60. The van der Waals surface area contributed by atoms with Crippen molar-refractivity contribution in [3.05, 3.63) is 47.5 Å². The van der Waals surface area contributed by atoms with Crippen LogP contribution in [-0.4, -0.2) is 29.2 Å². The Kier molecular flexibility index (Phi) is 4.43. The summed E-state index contributed by atoms with van der Waals surface area (Å²) in [5.41, 5.74) is 1.01. The molecule has 2 atom stereocenters. The van der Waals surface area contributed by atoms with Crippen molar-refractivity contribution in [1.82, 2.24) is 4.90 Å². The molecule has 0 unspecified atom stereocenters. The maximum atomic E-state index is 12.3. The minimum absolute atomic E-state index is 0.0623. The third kappa shape index (κ3) is 2.93. The second-order valence-corrected chi connectivity index (χ2v) is 5.85. The molecule has 0 saturated carbocycles. The summed E-state index contributed by atoms with van der Waals surface area (Å²) in [6.07, 6.45) is 4.87. The fraction of sp³-hybridized carbons (Fsp3) is 0.333. The SMILES string of the molecule is N#Cc1ccccc1COC(=O)CN1C(=O)[C@@H]2CC=CC[C@H]2C1=O. The summed E-state index contributed by atoms with van der Waals surface area (Å²) in [5, 5.41) is 9.01. The number of carbonyl (C=O) groups is 3. The highest BCUT2D eigenvalue weighted by atomic mass is 16.5. The Bertz CT molecular complexity index is 737. The summed E-state index contributed by atoms with van der Waals surface area (Å²) in [5.74, 6) is -1.97. The van der Waals surface area contributed by atoms with Crippen molar-refractivity contribution in [3.63, 3.8) is 0 Å². The van der Waals surface area contributed by atoms with E-state index >= 15 is 0 Å². The van der Waals surface area contributed by atoms with E-state index in [1.54, 1.807) is 24.3 Å². The molecule has 1 fully saturated rings. The van der Waals surface area contributed by atoms with Gasteiger partial charge in [-0.05, 0) is 18.9 Å². The number of amides is 2. The number of esters is 1. The second kappa shape index (κ2) is 6.67. The van der Waals surface area contributed by atoms with E-state index in [1.807, 2.05) is 18.2 Å². The third-order valence-electron chi connectivity index (χ3n) is 4.41. The number of fused-ring (bicyclic) bond motifs is 1. The molecule has 6 nitrogen and oxygen atoms in total. The number of hydrogen-bond acceptors (Lipinski definition) is 5. The monoisotopic (exact) mass is 324 g/mol. The van der Waals surface area contributed by atoms with Gasteiger partial charge in [0, 0.05) is 5.56 Å². The van der Waals surface area contributed by atoms with Gasteiger partial charge in [-0.3, -0.25) is 19.3 Å². The molecule has 6 heteroatoms. The van der Waals surface area contributed by atoms with E-state index in [0.29, 0.717) is 24.0 Å². The molecule has 24 heavy (non-hydrogen) atoms. The lowest BCUT2D eigenvalue weighted by molar-refractivity contribution is -0.153. The van der Waals surface area contributed by atoms with Crippen LogP contribution in [-0.2, 0) is 25.7 Å². The number of nitriles is 1. The Morgan fingerprint density at radius 1 is 1.17 bits per heavy atom. The first-order chi connectivity index (χ1) is 11.6. The van der Waals surface area contributed by atoms with Gasteiger partial charge in [0.05, 0.1) is 23.5 Å². The predicted octanol–water partition coefficient (Wildman–Crippen LogP) is 1.55. The maximum absolute atomic E-state index is 12.3. The average molecular weight is 324 g/mol. The Morgan fingerprint density at radius 3 is 2.42 bits per heavy atom. The van der Waals surface area contributed by atoms with Crippen LogP contribution in [0.1, 0.15) is 24.0 Å². The molecular formula is C18H16N2O4. The van der Waals surface area contributed by atoms with Gasteiger partial charge in [-0.2, -0.15) is 5.26 Å². The zero-order valence-corrected chi connectivity index (χ0v) is 13.0. The van der Waals surface area contributed by atoms with Gasteiger partial charge in [0.25, 0.3) is 0 Å². The minimum Gasteiger partial charge on any atom is -0.459 e. The fourth-order valence-electron chi connectivity index (χ4n) is 3.11. The topological polar surface area (TPSA) is 87.5 Å². The van der Waals surface area contributed by atoms with E-state index in [1.165, 1.54) is 0 Å². The Hall–Kier alpha value is -2.94. The van der Waals surface area contributed by atoms with Gasteiger partial charge in [0.1, 0.15) is 13.2 Å². The Morgan fingerprint density at radius 2 is 1.79 bits per heavy atom. The molecule has 0 aromatic heterocycles. The number of likely N-dealkylation sites (tertiary alicyclic amines) is 1. The van der Waals surface area contributed by atoms with Gasteiger partial charge < -0.3 is 4.74 Å². The van der Waals surface area contributed by atoms with Gasteiger partial charge in [0.15, 0.2) is 0 Å². The van der Waals surface area contributed by atoms with Crippen LogP contribution in [0.5, 0.6) is 0 Å². The highest BCUT2D eigenvalue weighted by Crippen LogP contribution is 2.34. The molecule has 0 radical (unpaired) electrons. The number of rotatable bonds is 4. The summed E-state index contributed by atoms with van der Waals surface area (Å²) >= 11 is 0. The molecule has 0 N–H and O–H groups in total. The zero-order chi connectivity index (χ0) is 17.1. The summed E-state index contributed by atoms with van der Waals surface area (Å²) in [6, 6.07) is 8.82. The zero-order valence-electron chi connectivity index (χ0n) is 13.0. The molecule has 0 spiro atoms. The average Bonchev–Trinajstić information content (AvgIpc) is 2.85. The highest BCUT2D eigenvalue weighted by Gasteiger charge is 2.47. The van der Waals surface area contributed by atoms with Crippen LogP contribution < -0.4 is 0 Å². The normalized spacial score (nSPS) is 22.2. The number of nitrogens with zero attached hydrogens (tertiary/aromatic N) is 2. The van der Waals surface area contributed by atoms with Crippen LogP contribution in [0.25, 0.3) is 0 Å². The van der Waals surface area contributed by atoms with E-state index in [0.717, 1.165) is 4.90 Å². The van der Waals surface area contributed by atoms with Crippen LogP contribution in [0.4, 0.5) is 0 Å². The lowest BCUT2D eigenvalue weighted by Crippen LogP contribution is -2.36. The summed E-state index contributed by atoms with van der Waals surface area (Å²) in [7, 11) is 0. The molecule has 1 aromatic rings. The molecule has 1 aliphatic heterocycles. The lowest BCUT2D eigenvalue weighted by Gasteiger charge is -2.14. The first-order valence-electron chi connectivity index (χ1n) is 7.75. The lowest BCUT2D eigenvalue weighted by atomic mass is 9.85. The predicted molar refractivity (Wildman–Crippen MR) is 83.0 cm³/mol. The molecule has 1 heterocycles. The summed E-state index contributed by atoms with van der Waals surface area (Å²) < 4.78 is 5.13. The van der Waals surface area contributed by atoms with Crippen LogP contribution in [0.15, 0.2) is 36.4 Å². The van der Waals surface area contributed by atoms with E-state index in [-0.39, 0.29) is 36.8 Å². The molecule has 1 aliphatic carbocycles.